The van der Waals surface area contributed by atoms with Gasteiger partial charge in [0, 0.05) is 24.3 Å². The van der Waals surface area contributed by atoms with Crippen LogP contribution in [0.1, 0.15) is 25.2 Å². The Labute approximate surface area is 89.8 Å². The first-order valence-corrected chi connectivity index (χ1v) is 5.05. The van der Waals surface area contributed by atoms with Crippen LogP contribution in [-0.2, 0) is 9.47 Å². The highest BCUT2D eigenvalue weighted by Gasteiger charge is 2.09. The summed E-state index contributed by atoms with van der Waals surface area (Å²) in [6.45, 7) is 2.76. The zero-order valence-corrected chi connectivity index (χ0v) is 9.25. The van der Waals surface area contributed by atoms with Gasteiger partial charge in [0.25, 0.3) is 0 Å². The zero-order chi connectivity index (χ0) is 10.4. The number of hydrogen-bond acceptors (Lipinski definition) is 2. The van der Waals surface area contributed by atoms with Gasteiger partial charge in [-0.15, -0.1) is 0 Å². The second kappa shape index (κ2) is 6.02. The van der Waals surface area contributed by atoms with Crippen molar-refractivity contribution in [1.82, 2.24) is 0 Å². The van der Waals surface area contributed by atoms with Gasteiger partial charge in [-0.3, -0.25) is 0 Å². The summed E-state index contributed by atoms with van der Waals surface area (Å²) in [5.41, 5.74) is 0.991. The number of methoxy groups -OCH3 is 1. The average molecular weight is 215 g/mol. The molecule has 2 nitrogen and oxygen atoms in total. The lowest BCUT2D eigenvalue weighted by molar-refractivity contribution is -0.127. The van der Waals surface area contributed by atoms with Crippen molar-refractivity contribution in [3.63, 3.8) is 0 Å². The summed E-state index contributed by atoms with van der Waals surface area (Å²) in [4.78, 5) is 0. The largest absolute Gasteiger partial charge is 0.352 e. The van der Waals surface area contributed by atoms with Crippen molar-refractivity contribution in [3.8, 4) is 0 Å². The summed E-state index contributed by atoms with van der Waals surface area (Å²) in [6, 6.07) is 7.48. The van der Waals surface area contributed by atoms with Crippen molar-refractivity contribution in [2.75, 3.05) is 13.7 Å². The predicted molar refractivity (Wildman–Crippen MR) is 57.4 cm³/mol. The van der Waals surface area contributed by atoms with E-state index in [2.05, 4.69) is 6.92 Å². The van der Waals surface area contributed by atoms with Crippen molar-refractivity contribution >= 4 is 11.6 Å². The van der Waals surface area contributed by atoms with Crippen molar-refractivity contribution in [2.24, 2.45) is 0 Å². The van der Waals surface area contributed by atoms with E-state index >= 15 is 0 Å². The summed E-state index contributed by atoms with van der Waals surface area (Å²) in [5.74, 6) is 0. The van der Waals surface area contributed by atoms with Crippen LogP contribution in [0.3, 0.4) is 0 Å². The molecule has 0 N–H and O–H groups in total. The second-order valence-electron chi connectivity index (χ2n) is 2.99. The van der Waals surface area contributed by atoms with E-state index in [0.717, 1.165) is 17.0 Å². The van der Waals surface area contributed by atoms with Crippen LogP contribution >= 0.6 is 11.6 Å². The second-order valence-corrected chi connectivity index (χ2v) is 3.43. The molecule has 1 rings (SSSR count). The first-order valence-electron chi connectivity index (χ1n) is 4.67. The topological polar surface area (TPSA) is 18.5 Å². The third-order valence-corrected chi connectivity index (χ3v) is 2.08. The van der Waals surface area contributed by atoms with E-state index < -0.39 is 0 Å². The smallest absolute Gasteiger partial charge is 0.183 e. The highest BCUT2D eigenvalue weighted by molar-refractivity contribution is 6.30. The van der Waals surface area contributed by atoms with Gasteiger partial charge in [-0.25, -0.2) is 0 Å². The van der Waals surface area contributed by atoms with Gasteiger partial charge in [0.1, 0.15) is 0 Å². The van der Waals surface area contributed by atoms with E-state index in [1.54, 1.807) is 7.11 Å². The SMILES string of the molecule is CCCOC(OC)c1ccc(Cl)cc1. The van der Waals surface area contributed by atoms with Gasteiger partial charge in [0.05, 0.1) is 0 Å². The molecule has 0 aliphatic rings. The van der Waals surface area contributed by atoms with E-state index in [1.807, 2.05) is 24.3 Å². The molecule has 0 amide bonds. The highest BCUT2D eigenvalue weighted by Crippen LogP contribution is 2.20. The summed E-state index contributed by atoms with van der Waals surface area (Å²) in [6.07, 6.45) is 0.695. The molecular weight excluding hydrogens is 200 g/mol. The van der Waals surface area contributed by atoms with Crippen LogP contribution in [-0.4, -0.2) is 13.7 Å². The molecule has 14 heavy (non-hydrogen) atoms. The summed E-state index contributed by atoms with van der Waals surface area (Å²) in [7, 11) is 1.63. The normalized spacial score (nSPS) is 12.8. The number of halogens is 1. The molecule has 0 aliphatic carbocycles. The third-order valence-electron chi connectivity index (χ3n) is 1.83. The molecule has 0 heterocycles. The Morgan fingerprint density at radius 1 is 1.29 bits per heavy atom. The molecule has 1 aromatic rings. The number of rotatable bonds is 5. The monoisotopic (exact) mass is 214 g/mol. The first kappa shape index (κ1) is 11.5. The zero-order valence-electron chi connectivity index (χ0n) is 8.50. The molecule has 0 aromatic heterocycles. The molecule has 1 atom stereocenters. The van der Waals surface area contributed by atoms with E-state index in [0.29, 0.717) is 6.61 Å². The van der Waals surface area contributed by atoms with Gasteiger partial charge < -0.3 is 9.47 Å². The van der Waals surface area contributed by atoms with E-state index in [9.17, 15) is 0 Å². The fraction of sp³-hybridized carbons (Fsp3) is 0.455. The Morgan fingerprint density at radius 3 is 2.43 bits per heavy atom. The maximum Gasteiger partial charge on any atom is 0.183 e. The standard InChI is InChI=1S/C11H15ClO2/c1-3-8-14-11(13-2)9-4-6-10(12)7-5-9/h4-7,11H,3,8H2,1-2H3. The molecule has 0 aliphatic heterocycles. The van der Waals surface area contributed by atoms with E-state index in [4.69, 9.17) is 21.1 Å². The minimum Gasteiger partial charge on any atom is -0.352 e. The quantitative estimate of drug-likeness (QED) is 0.700. The van der Waals surface area contributed by atoms with Crippen LogP contribution in [0.15, 0.2) is 24.3 Å². The molecule has 0 radical (unpaired) electrons. The van der Waals surface area contributed by atoms with Crippen molar-refractivity contribution < 1.29 is 9.47 Å². The lowest BCUT2D eigenvalue weighted by Gasteiger charge is -2.15. The molecule has 1 aromatic carbocycles. The van der Waals surface area contributed by atoms with Gasteiger partial charge in [-0.1, -0.05) is 30.7 Å². The Hall–Kier alpha value is -0.570. The number of hydrogen-bond donors (Lipinski definition) is 0. The van der Waals surface area contributed by atoms with Crippen LogP contribution in [0.25, 0.3) is 0 Å². The Morgan fingerprint density at radius 2 is 1.93 bits per heavy atom. The van der Waals surface area contributed by atoms with Crippen LogP contribution in [0.5, 0.6) is 0 Å². The molecule has 78 valence electrons. The molecule has 1 unspecified atom stereocenters. The highest BCUT2D eigenvalue weighted by atomic mass is 35.5. The average Bonchev–Trinajstić information content (AvgIpc) is 2.21. The third kappa shape index (κ3) is 3.29. The molecule has 0 spiro atoms. The summed E-state index contributed by atoms with van der Waals surface area (Å²) >= 11 is 5.78. The first-order chi connectivity index (χ1) is 6.77. The van der Waals surface area contributed by atoms with Crippen molar-refractivity contribution in [2.45, 2.75) is 19.6 Å². The summed E-state index contributed by atoms with van der Waals surface area (Å²) < 4.78 is 10.7. The number of benzene rings is 1. The van der Waals surface area contributed by atoms with Crippen LogP contribution in [0.2, 0.25) is 5.02 Å². The maximum absolute atomic E-state index is 5.78. The fourth-order valence-electron chi connectivity index (χ4n) is 1.15. The molecular formula is C11H15ClO2. The van der Waals surface area contributed by atoms with Gasteiger partial charge in [-0.2, -0.15) is 0 Å². The van der Waals surface area contributed by atoms with E-state index in [-0.39, 0.29) is 6.29 Å². The Balaban J connectivity index is 2.64. The van der Waals surface area contributed by atoms with Crippen molar-refractivity contribution in [3.05, 3.63) is 34.9 Å². The lowest BCUT2D eigenvalue weighted by Crippen LogP contribution is -2.07. The van der Waals surface area contributed by atoms with Gasteiger partial charge >= 0.3 is 0 Å². The van der Waals surface area contributed by atoms with Gasteiger partial charge in [0.15, 0.2) is 6.29 Å². The lowest BCUT2D eigenvalue weighted by atomic mass is 10.2. The fourth-order valence-corrected chi connectivity index (χ4v) is 1.27. The molecule has 0 fully saturated rings. The van der Waals surface area contributed by atoms with Crippen LogP contribution in [0.4, 0.5) is 0 Å². The van der Waals surface area contributed by atoms with E-state index in [1.165, 1.54) is 0 Å². The van der Waals surface area contributed by atoms with Crippen LogP contribution < -0.4 is 0 Å². The maximum atomic E-state index is 5.78. The molecule has 0 bridgehead atoms. The van der Waals surface area contributed by atoms with Gasteiger partial charge in [0.2, 0.25) is 0 Å². The minimum absolute atomic E-state index is 0.285. The Bertz CT molecular complexity index is 258. The number of ether oxygens (including phenoxy) is 2. The Kier molecular flexibility index (Phi) is 4.94. The molecule has 0 saturated carbocycles. The van der Waals surface area contributed by atoms with Crippen LogP contribution in [0, 0.1) is 0 Å². The molecule has 3 heteroatoms. The van der Waals surface area contributed by atoms with Crippen molar-refractivity contribution in [1.29, 1.82) is 0 Å². The predicted octanol–water partition coefficient (Wildman–Crippen LogP) is 3.41. The molecule has 0 saturated heterocycles. The van der Waals surface area contributed by atoms with Gasteiger partial charge in [-0.05, 0) is 18.6 Å². The minimum atomic E-state index is -0.285. The summed E-state index contributed by atoms with van der Waals surface area (Å²) in [5, 5.41) is 0.721.